The minimum atomic E-state index is -1.56. The van der Waals surface area contributed by atoms with Crippen molar-refractivity contribution < 1.29 is 33.7 Å². The zero-order valence-corrected chi connectivity index (χ0v) is 15.9. The first-order valence-electron chi connectivity index (χ1n) is 8.65. The van der Waals surface area contributed by atoms with E-state index in [9.17, 15) is 19.5 Å². The molecule has 2 rings (SSSR count). The van der Waals surface area contributed by atoms with Crippen LogP contribution in [0.15, 0.2) is 24.3 Å². The van der Waals surface area contributed by atoms with E-state index in [2.05, 4.69) is 0 Å². The number of carboxylic acid groups (broad SMARTS) is 1. The van der Waals surface area contributed by atoms with E-state index < -0.39 is 35.3 Å². The summed E-state index contributed by atoms with van der Waals surface area (Å²) in [4.78, 5) is 38.6. The second-order valence-electron chi connectivity index (χ2n) is 6.56. The molecule has 3 unspecified atom stereocenters. The van der Waals surface area contributed by atoms with Crippen LogP contribution in [-0.2, 0) is 23.9 Å². The normalized spacial score (nSPS) is 24.5. The van der Waals surface area contributed by atoms with E-state index in [4.69, 9.17) is 14.2 Å². The van der Waals surface area contributed by atoms with Crippen molar-refractivity contribution in [3.8, 4) is 5.75 Å². The van der Waals surface area contributed by atoms with Gasteiger partial charge < -0.3 is 24.2 Å². The zero-order chi connectivity index (χ0) is 20.2. The Morgan fingerprint density at radius 1 is 1.22 bits per heavy atom. The van der Waals surface area contributed by atoms with E-state index in [1.807, 2.05) is 0 Å². The molecule has 148 valence electrons. The molecule has 0 saturated carbocycles. The molecule has 0 aromatic heterocycles. The van der Waals surface area contributed by atoms with Gasteiger partial charge >= 0.3 is 11.9 Å². The summed E-state index contributed by atoms with van der Waals surface area (Å²) < 4.78 is 15.2. The van der Waals surface area contributed by atoms with Crippen LogP contribution in [0, 0.1) is 5.92 Å². The van der Waals surface area contributed by atoms with E-state index in [0.29, 0.717) is 11.3 Å². The number of nitrogens with zero attached hydrogens (tertiary/aromatic N) is 1. The van der Waals surface area contributed by atoms with Crippen LogP contribution in [0.25, 0.3) is 0 Å². The quantitative estimate of drug-likeness (QED) is 0.719. The predicted octanol–water partition coefficient (Wildman–Crippen LogP) is 1.64. The van der Waals surface area contributed by atoms with Crippen molar-refractivity contribution in [2.24, 2.45) is 5.92 Å². The second-order valence-corrected chi connectivity index (χ2v) is 6.56. The Labute approximate surface area is 158 Å². The molecule has 1 fully saturated rings. The molecule has 1 aliphatic heterocycles. The number of hydrogen-bond acceptors (Lipinski definition) is 6. The van der Waals surface area contributed by atoms with Crippen LogP contribution in [0.5, 0.6) is 5.75 Å². The van der Waals surface area contributed by atoms with Gasteiger partial charge in [-0.2, -0.15) is 0 Å². The highest BCUT2D eigenvalue weighted by Gasteiger charge is 2.58. The number of hydrogen-bond donors (Lipinski definition) is 1. The average molecular weight is 379 g/mol. The number of carbonyl (C=O) groups is 3. The molecule has 0 bridgehead atoms. The van der Waals surface area contributed by atoms with E-state index in [0.717, 1.165) is 0 Å². The fourth-order valence-corrected chi connectivity index (χ4v) is 3.58. The Balaban J connectivity index is 2.57. The van der Waals surface area contributed by atoms with Crippen molar-refractivity contribution in [1.82, 2.24) is 4.90 Å². The predicted molar refractivity (Wildman–Crippen MR) is 95.2 cm³/mol. The number of esters is 1. The summed E-state index contributed by atoms with van der Waals surface area (Å²) in [5.74, 6) is -2.41. The lowest BCUT2D eigenvalue weighted by atomic mass is 9.90. The van der Waals surface area contributed by atoms with Gasteiger partial charge in [-0.1, -0.05) is 12.1 Å². The Hall–Kier alpha value is -2.61. The Morgan fingerprint density at radius 2 is 1.85 bits per heavy atom. The van der Waals surface area contributed by atoms with Gasteiger partial charge in [0.15, 0.2) is 0 Å². The SMILES string of the molecule is CCOC(=O)C1CC(C)(C(=O)O)N(C(=O)COC)C1c1ccc(OC)cc1. The van der Waals surface area contributed by atoms with Gasteiger partial charge in [-0.25, -0.2) is 4.79 Å². The van der Waals surface area contributed by atoms with Crippen LogP contribution in [0.2, 0.25) is 0 Å². The molecular formula is C19H25NO7. The van der Waals surface area contributed by atoms with E-state index >= 15 is 0 Å². The molecule has 0 radical (unpaired) electrons. The van der Waals surface area contributed by atoms with Crippen molar-refractivity contribution in [2.75, 3.05) is 27.4 Å². The fourth-order valence-electron chi connectivity index (χ4n) is 3.58. The third kappa shape index (κ3) is 3.90. The number of amides is 1. The number of aliphatic carboxylic acids is 1. The Bertz CT molecular complexity index is 703. The highest BCUT2D eigenvalue weighted by atomic mass is 16.5. The van der Waals surface area contributed by atoms with Crippen LogP contribution in [0.4, 0.5) is 0 Å². The minimum absolute atomic E-state index is 0.0483. The molecular weight excluding hydrogens is 354 g/mol. The third-order valence-corrected chi connectivity index (χ3v) is 4.85. The van der Waals surface area contributed by atoms with Crippen molar-refractivity contribution in [3.63, 3.8) is 0 Å². The molecule has 27 heavy (non-hydrogen) atoms. The zero-order valence-electron chi connectivity index (χ0n) is 15.9. The van der Waals surface area contributed by atoms with Crippen molar-refractivity contribution >= 4 is 17.8 Å². The number of ether oxygens (including phenoxy) is 3. The number of carbonyl (C=O) groups excluding carboxylic acids is 2. The maximum absolute atomic E-state index is 12.8. The molecule has 1 heterocycles. The van der Waals surface area contributed by atoms with Crippen LogP contribution in [-0.4, -0.2) is 60.8 Å². The van der Waals surface area contributed by atoms with Gasteiger partial charge in [-0.05, 0) is 38.0 Å². The third-order valence-electron chi connectivity index (χ3n) is 4.85. The monoisotopic (exact) mass is 379 g/mol. The van der Waals surface area contributed by atoms with E-state index in [1.165, 1.54) is 26.0 Å². The maximum atomic E-state index is 12.8. The van der Waals surface area contributed by atoms with E-state index in [-0.39, 0.29) is 19.6 Å². The molecule has 0 aliphatic carbocycles. The first-order valence-corrected chi connectivity index (χ1v) is 8.65. The molecule has 1 N–H and O–H groups in total. The average Bonchev–Trinajstić information content (AvgIpc) is 2.97. The van der Waals surface area contributed by atoms with E-state index in [1.54, 1.807) is 31.2 Å². The van der Waals surface area contributed by atoms with Crippen LogP contribution in [0.3, 0.4) is 0 Å². The molecule has 1 saturated heterocycles. The fraction of sp³-hybridized carbons (Fsp3) is 0.526. The lowest BCUT2D eigenvalue weighted by Gasteiger charge is -2.35. The molecule has 1 aromatic carbocycles. The van der Waals surface area contributed by atoms with Gasteiger partial charge in [-0.3, -0.25) is 9.59 Å². The minimum Gasteiger partial charge on any atom is -0.497 e. The smallest absolute Gasteiger partial charge is 0.329 e. The van der Waals surface area contributed by atoms with Gasteiger partial charge in [0.05, 0.1) is 25.7 Å². The Morgan fingerprint density at radius 3 is 2.33 bits per heavy atom. The van der Waals surface area contributed by atoms with Gasteiger partial charge in [0, 0.05) is 7.11 Å². The van der Waals surface area contributed by atoms with Crippen LogP contribution in [0.1, 0.15) is 31.9 Å². The van der Waals surface area contributed by atoms with Crippen molar-refractivity contribution in [1.29, 1.82) is 0 Å². The highest BCUT2D eigenvalue weighted by Crippen LogP contribution is 2.47. The lowest BCUT2D eigenvalue weighted by Crippen LogP contribution is -2.52. The first-order chi connectivity index (χ1) is 12.8. The summed E-state index contributed by atoms with van der Waals surface area (Å²) >= 11 is 0. The van der Waals surface area contributed by atoms with Crippen LogP contribution < -0.4 is 4.74 Å². The maximum Gasteiger partial charge on any atom is 0.329 e. The topological polar surface area (TPSA) is 102 Å². The standard InChI is InChI=1S/C19H25NO7/c1-5-27-17(22)14-10-19(2,18(23)24)20(15(21)11-25-3)16(14)12-6-8-13(26-4)9-7-12/h6-9,14,16H,5,10-11H2,1-4H3,(H,23,24). The summed E-state index contributed by atoms with van der Waals surface area (Å²) in [6.07, 6.45) is -0.0483. The second kappa shape index (κ2) is 8.39. The first kappa shape index (κ1) is 20.7. The molecule has 8 heteroatoms. The summed E-state index contributed by atoms with van der Waals surface area (Å²) in [6, 6.07) is 6.06. The lowest BCUT2D eigenvalue weighted by molar-refractivity contribution is -0.159. The molecule has 0 spiro atoms. The molecule has 1 aromatic rings. The number of benzene rings is 1. The summed E-state index contributed by atoms with van der Waals surface area (Å²) in [7, 11) is 2.89. The van der Waals surface area contributed by atoms with Crippen molar-refractivity contribution in [3.05, 3.63) is 29.8 Å². The highest BCUT2D eigenvalue weighted by molar-refractivity contribution is 5.91. The largest absolute Gasteiger partial charge is 0.497 e. The molecule has 3 atom stereocenters. The van der Waals surface area contributed by atoms with Gasteiger partial charge in [-0.15, -0.1) is 0 Å². The number of carboxylic acids is 1. The number of rotatable bonds is 7. The van der Waals surface area contributed by atoms with Crippen molar-refractivity contribution in [2.45, 2.75) is 31.8 Å². The summed E-state index contributed by atoms with van der Waals surface area (Å²) in [5.41, 5.74) is -0.930. The molecule has 8 nitrogen and oxygen atoms in total. The molecule has 1 aliphatic rings. The summed E-state index contributed by atoms with van der Waals surface area (Å²) in [5, 5.41) is 9.83. The Kier molecular flexibility index (Phi) is 6.43. The van der Waals surface area contributed by atoms with Gasteiger partial charge in [0.2, 0.25) is 5.91 Å². The van der Waals surface area contributed by atoms with Gasteiger partial charge in [0.1, 0.15) is 17.9 Å². The van der Waals surface area contributed by atoms with Gasteiger partial charge in [0.25, 0.3) is 0 Å². The number of methoxy groups -OCH3 is 2. The summed E-state index contributed by atoms with van der Waals surface area (Å²) in [6.45, 7) is 3.00. The number of likely N-dealkylation sites (tertiary alicyclic amines) is 1. The molecule has 1 amide bonds. The van der Waals surface area contributed by atoms with Crippen LogP contribution >= 0.6 is 0 Å².